The molecule has 1 fully saturated rings. The van der Waals surface area contributed by atoms with Gasteiger partial charge in [0.05, 0.1) is 5.52 Å². The Morgan fingerprint density at radius 3 is 2.52 bits per heavy atom. The first-order valence-corrected chi connectivity index (χ1v) is 9.21. The smallest absolute Gasteiger partial charge is 0.227 e. The van der Waals surface area contributed by atoms with Gasteiger partial charge >= 0.3 is 0 Å². The van der Waals surface area contributed by atoms with Gasteiger partial charge in [-0.1, -0.05) is 39.0 Å². The van der Waals surface area contributed by atoms with Crippen molar-refractivity contribution in [2.45, 2.75) is 33.6 Å². The molecule has 1 aliphatic heterocycles. The van der Waals surface area contributed by atoms with Crippen LogP contribution < -0.4 is 4.90 Å². The van der Waals surface area contributed by atoms with Gasteiger partial charge < -0.3 is 9.80 Å². The number of hydrogen-bond acceptors (Lipinski definition) is 3. The van der Waals surface area contributed by atoms with Gasteiger partial charge in [-0.25, -0.2) is 4.98 Å². The van der Waals surface area contributed by atoms with Crippen molar-refractivity contribution in [2.75, 3.05) is 31.6 Å². The molecule has 0 N–H and O–H groups in total. The summed E-state index contributed by atoms with van der Waals surface area (Å²) in [5.74, 6) is 1.87. The van der Waals surface area contributed by atoms with Crippen molar-refractivity contribution >= 4 is 22.6 Å². The van der Waals surface area contributed by atoms with Crippen molar-refractivity contribution in [3.63, 3.8) is 0 Å². The first kappa shape index (κ1) is 17.7. The highest BCUT2D eigenvalue weighted by Gasteiger charge is 2.28. The molecule has 0 unspecified atom stereocenters. The molecule has 4 heteroatoms. The van der Waals surface area contributed by atoms with Crippen molar-refractivity contribution < 1.29 is 4.79 Å². The van der Waals surface area contributed by atoms with Crippen LogP contribution in [0.5, 0.6) is 0 Å². The average molecular weight is 339 g/mol. The molecule has 0 aliphatic carbocycles. The molecule has 1 saturated heterocycles. The SMILES string of the molecule is CN(CC1CCN(c2ccc3ccccc3n2)CC1)C(=O)C(C)(C)C. The zero-order valence-electron chi connectivity index (χ0n) is 15.8. The van der Waals surface area contributed by atoms with Crippen LogP contribution in [0.3, 0.4) is 0 Å². The Hall–Kier alpha value is -2.10. The van der Waals surface area contributed by atoms with Gasteiger partial charge in [0.2, 0.25) is 5.91 Å². The molecule has 0 saturated carbocycles. The molecular formula is C21H29N3O. The number of anilines is 1. The topological polar surface area (TPSA) is 36.4 Å². The maximum Gasteiger partial charge on any atom is 0.227 e. The van der Waals surface area contributed by atoms with Crippen LogP contribution in [-0.4, -0.2) is 42.5 Å². The van der Waals surface area contributed by atoms with Crippen molar-refractivity contribution in [2.24, 2.45) is 11.3 Å². The van der Waals surface area contributed by atoms with Crippen LogP contribution in [0.15, 0.2) is 36.4 Å². The largest absolute Gasteiger partial charge is 0.357 e. The third-order valence-corrected chi connectivity index (χ3v) is 5.04. The minimum absolute atomic E-state index is 0.228. The predicted molar refractivity (Wildman–Crippen MR) is 104 cm³/mol. The molecule has 1 aromatic heterocycles. The molecule has 1 aliphatic rings. The summed E-state index contributed by atoms with van der Waals surface area (Å²) in [5, 5.41) is 1.18. The maximum absolute atomic E-state index is 12.4. The fourth-order valence-electron chi connectivity index (χ4n) is 3.62. The Balaban J connectivity index is 1.58. The Kier molecular flexibility index (Phi) is 4.98. The van der Waals surface area contributed by atoms with Gasteiger partial charge in [0.15, 0.2) is 0 Å². The average Bonchev–Trinajstić information content (AvgIpc) is 2.60. The molecule has 0 radical (unpaired) electrons. The van der Waals surface area contributed by atoms with E-state index >= 15 is 0 Å². The summed E-state index contributed by atoms with van der Waals surface area (Å²) in [6, 6.07) is 12.5. The van der Waals surface area contributed by atoms with Crippen LogP contribution in [0.1, 0.15) is 33.6 Å². The van der Waals surface area contributed by atoms with Crippen molar-refractivity contribution in [1.29, 1.82) is 0 Å². The van der Waals surface area contributed by atoms with Crippen LogP contribution >= 0.6 is 0 Å². The molecule has 0 bridgehead atoms. The number of nitrogens with zero attached hydrogens (tertiary/aromatic N) is 3. The molecule has 1 amide bonds. The second-order valence-electron chi connectivity index (χ2n) is 8.23. The lowest BCUT2D eigenvalue weighted by molar-refractivity contribution is -0.138. The fraction of sp³-hybridized carbons (Fsp3) is 0.524. The second-order valence-corrected chi connectivity index (χ2v) is 8.23. The van der Waals surface area contributed by atoms with E-state index in [2.05, 4.69) is 29.2 Å². The Bertz CT molecular complexity index is 742. The van der Waals surface area contributed by atoms with Gasteiger partial charge in [0, 0.05) is 37.5 Å². The highest BCUT2D eigenvalue weighted by atomic mass is 16.2. The van der Waals surface area contributed by atoms with E-state index < -0.39 is 0 Å². The predicted octanol–water partition coefficient (Wildman–Crippen LogP) is 3.96. The highest BCUT2D eigenvalue weighted by Crippen LogP contribution is 2.25. The standard InChI is InChI=1S/C21H29N3O/c1-21(2,3)20(25)23(4)15-16-11-13-24(14-12-16)19-10-9-17-7-5-6-8-18(17)22-19/h5-10,16H,11-15H2,1-4H3. The van der Waals surface area contributed by atoms with Crippen molar-refractivity contribution in [3.05, 3.63) is 36.4 Å². The molecule has 3 rings (SSSR count). The number of benzene rings is 1. The van der Waals surface area contributed by atoms with E-state index in [4.69, 9.17) is 4.98 Å². The number of rotatable bonds is 3. The van der Waals surface area contributed by atoms with Gasteiger partial charge in [-0.2, -0.15) is 0 Å². The Labute approximate surface area is 150 Å². The number of fused-ring (bicyclic) bond motifs is 1. The lowest BCUT2D eigenvalue weighted by atomic mass is 9.92. The zero-order chi connectivity index (χ0) is 18.0. The van der Waals surface area contributed by atoms with Crippen LogP contribution in [0.25, 0.3) is 10.9 Å². The normalized spacial score (nSPS) is 16.2. The van der Waals surface area contributed by atoms with E-state index in [1.807, 2.05) is 44.9 Å². The summed E-state index contributed by atoms with van der Waals surface area (Å²) in [5.41, 5.74) is 0.752. The number of amides is 1. The fourth-order valence-corrected chi connectivity index (χ4v) is 3.62. The Morgan fingerprint density at radius 2 is 1.84 bits per heavy atom. The first-order valence-electron chi connectivity index (χ1n) is 9.21. The first-order chi connectivity index (χ1) is 11.8. The van der Waals surface area contributed by atoms with Crippen molar-refractivity contribution in [3.8, 4) is 0 Å². The molecule has 134 valence electrons. The van der Waals surface area contributed by atoms with E-state index in [1.165, 1.54) is 5.39 Å². The summed E-state index contributed by atoms with van der Waals surface area (Å²) in [7, 11) is 1.94. The summed E-state index contributed by atoms with van der Waals surface area (Å²) in [6.45, 7) is 8.83. The number of carbonyl (C=O) groups is 1. The third kappa shape index (κ3) is 4.12. The number of piperidine rings is 1. The summed E-state index contributed by atoms with van der Waals surface area (Å²) >= 11 is 0. The third-order valence-electron chi connectivity index (χ3n) is 5.04. The van der Waals surface area contributed by atoms with Crippen LogP contribution in [0, 0.1) is 11.3 Å². The molecule has 1 aromatic carbocycles. The number of carbonyl (C=O) groups excluding carboxylic acids is 1. The molecule has 25 heavy (non-hydrogen) atoms. The van der Waals surface area contributed by atoms with E-state index in [9.17, 15) is 4.79 Å². The van der Waals surface area contributed by atoms with Crippen LogP contribution in [-0.2, 0) is 4.79 Å². The summed E-state index contributed by atoms with van der Waals surface area (Å²) in [4.78, 5) is 21.4. The molecule has 2 heterocycles. The van der Waals surface area contributed by atoms with Crippen molar-refractivity contribution in [1.82, 2.24) is 9.88 Å². The van der Waals surface area contributed by atoms with Crippen LogP contribution in [0.4, 0.5) is 5.82 Å². The summed E-state index contributed by atoms with van der Waals surface area (Å²) in [6.07, 6.45) is 2.21. The van der Waals surface area contributed by atoms with Gasteiger partial charge in [-0.3, -0.25) is 4.79 Å². The lowest BCUT2D eigenvalue weighted by Crippen LogP contribution is -2.42. The second kappa shape index (κ2) is 7.03. The van der Waals surface area contributed by atoms with E-state index in [0.29, 0.717) is 5.92 Å². The lowest BCUT2D eigenvalue weighted by Gasteiger charge is -2.36. The number of para-hydroxylation sites is 1. The van der Waals surface area contributed by atoms with Gasteiger partial charge in [-0.05, 0) is 37.0 Å². The minimum Gasteiger partial charge on any atom is -0.357 e. The van der Waals surface area contributed by atoms with E-state index in [-0.39, 0.29) is 11.3 Å². The molecule has 4 nitrogen and oxygen atoms in total. The molecule has 2 aromatic rings. The highest BCUT2D eigenvalue weighted by molar-refractivity contribution is 5.81. The molecular weight excluding hydrogens is 310 g/mol. The summed E-state index contributed by atoms with van der Waals surface area (Å²) < 4.78 is 0. The Morgan fingerprint density at radius 1 is 1.16 bits per heavy atom. The minimum atomic E-state index is -0.301. The molecule has 0 spiro atoms. The quantitative estimate of drug-likeness (QED) is 0.849. The van der Waals surface area contributed by atoms with Gasteiger partial charge in [0.25, 0.3) is 0 Å². The number of aromatic nitrogens is 1. The monoisotopic (exact) mass is 339 g/mol. The van der Waals surface area contributed by atoms with E-state index in [0.717, 1.165) is 43.8 Å². The number of hydrogen-bond donors (Lipinski definition) is 0. The van der Waals surface area contributed by atoms with Gasteiger partial charge in [-0.15, -0.1) is 0 Å². The molecule has 0 atom stereocenters. The van der Waals surface area contributed by atoms with E-state index in [1.54, 1.807) is 0 Å². The zero-order valence-corrected chi connectivity index (χ0v) is 15.8. The number of pyridine rings is 1. The maximum atomic E-state index is 12.4. The van der Waals surface area contributed by atoms with Crippen LogP contribution in [0.2, 0.25) is 0 Å². The van der Waals surface area contributed by atoms with Gasteiger partial charge in [0.1, 0.15) is 5.82 Å².